The molecule has 6 aromatic carbocycles. The first-order chi connectivity index (χ1) is 59.6. The Morgan fingerprint density at radius 2 is 0.714 bits per heavy atom. The van der Waals surface area contributed by atoms with Crippen LogP contribution in [0.25, 0.3) is 0 Å². The fourth-order valence-electron chi connectivity index (χ4n) is 10.4. The number of rotatable bonds is 29. The summed E-state index contributed by atoms with van der Waals surface area (Å²) in [7, 11) is 2.06. The SMILES string of the molecule is C=CCc1ccc(OC(=O)C(Cc2ccc(O)cc2)NC(=O)c2cccnc2)c(OC)c1.CC(C)(C)[Si](C)(C)Cl.COC(=O)C(Cc1ccc(O)cc1)NC(=O)c1cccnc1.COC(=O)C(Cc1ccc(O[Si](C)(C)C(C)(C)C)cc1)NC(=O)c1cccnc1.COC(=O)C(N)Cc1ccc(O)cc1.O=C(NC(Cc1ccc(O)cc1)C(=O)O)c1cccnc1. The van der Waals surface area contributed by atoms with Crippen LogP contribution in [0.3, 0.4) is 0 Å². The number of allylic oxidation sites excluding steroid dienone is 1. The summed E-state index contributed by atoms with van der Waals surface area (Å²) in [6.07, 6.45) is 15.6. The van der Waals surface area contributed by atoms with Crippen molar-refractivity contribution in [3.05, 3.63) is 306 Å². The van der Waals surface area contributed by atoms with Crippen LogP contribution < -0.4 is 40.9 Å². The molecule has 5 unspecified atom stereocenters. The third-order valence-corrected chi connectivity index (χ3v) is 29.3. The van der Waals surface area contributed by atoms with Crippen LogP contribution in [0, 0.1) is 0 Å². The quantitative estimate of drug-likeness (QED) is 0.00520. The molecule has 5 atom stereocenters. The minimum absolute atomic E-state index is 0.102. The van der Waals surface area contributed by atoms with E-state index < -0.39 is 93.5 Å². The molecule has 668 valence electrons. The van der Waals surface area contributed by atoms with E-state index in [1.165, 1.54) is 95.8 Å². The van der Waals surface area contributed by atoms with Gasteiger partial charge in [-0.2, -0.15) is 11.1 Å². The van der Waals surface area contributed by atoms with E-state index in [0.717, 1.165) is 33.6 Å². The third kappa shape index (κ3) is 36.1. The first-order valence-electron chi connectivity index (χ1n) is 39.7. The number of phenols is 4. The second-order valence-corrected chi connectivity index (χ2v) is 43.4. The van der Waals surface area contributed by atoms with Gasteiger partial charge in [-0.05, 0) is 191 Å². The molecular formula is C94H112ClN9O20Si2. The summed E-state index contributed by atoms with van der Waals surface area (Å²) in [5.41, 5.74) is 11.9. The van der Waals surface area contributed by atoms with E-state index in [0.29, 0.717) is 57.9 Å². The zero-order valence-corrected chi connectivity index (χ0v) is 75.8. The molecule has 0 spiro atoms. The fourth-order valence-corrected chi connectivity index (χ4v) is 11.4. The smallest absolute Gasteiger partial charge is 0.334 e. The van der Waals surface area contributed by atoms with Crippen molar-refractivity contribution in [2.75, 3.05) is 28.4 Å². The highest BCUT2D eigenvalue weighted by Gasteiger charge is 2.39. The van der Waals surface area contributed by atoms with Crippen LogP contribution in [0.5, 0.6) is 40.2 Å². The number of hydrogen-bond donors (Lipinski definition) is 10. The van der Waals surface area contributed by atoms with Crippen LogP contribution in [0.15, 0.2) is 250 Å². The summed E-state index contributed by atoms with van der Waals surface area (Å²) in [6.45, 7) is 25.6. The van der Waals surface area contributed by atoms with Crippen LogP contribution in [-0.4, -0.2) is 173 Å². The number of amides is 4. The number of benzene rings is 6. The molecule has 4 heterocycles. The number of carboxylic acids is 1. The van der Waals surface area contributed by atoms with Crippen molar-refractivity contribution in [3.63, 3.8) is 0 Å². The van der Waals surface area contributed by atoms with E-state index >= 15 is 0 Å². The average Bonchev–Trinajstić information content (AvgIpc) is 0.825. The van der Waals surface area contributed by atoms with Gasteiger partial charge in [-0.15, -0.1) is 6.58 Å². The Morgan fingerprint density at radius 3 is 0.992 bits per heavy atom. The topological polar surface area (TPSA) is 436 Å². The number of aromatic hydroxyl groups is 4. The van der Waals surface area contributed by atoms with E-state index in [1.54, 1.807) is 146 Å². The minimum Gasteiger partial charge on any atom is -0.544 e. The minimum atomic E-state index is -1.92. The molecule has 29 nitrogen and oxygen atoms in total. The molecule has 0 saturated carbocycles. The van der Waals surface area contributed by atoms with E-state index in [4.69, 9.17) is 45.3 Å². The number of hydrogen-bond acceptors (Lipinski definition) is 24. The Balaban J connectivity index is 0.000000279. The number of phenolic OH excluding ortho intramolecular Hbond substituents is 4. The number of aromatic nitrogens is 4. The molecule has 32 heteroatoms. The average molecular weight is 1780 g/mol. The van der Waals surface area contributed by atoms with Gasteiger partial charge in [-0.1, -0.05) is 127 Å². The lowest BCUT2D eigenvalue weighted by Crippen LogP contribution is -2.44. The molecule has 0 saturated heterocycles. The van der Waals surface area contributed by atoms with Crippen LogP contribution in [-0.2, 0) is 76.7 Å². The molecule has 4 aromatic heterocycles. The van der Waals surface area contributed by atoms with Crippen molar-refractivity contribution in [2.24, 2.45) is 5.73 Å². The summed E-state index contributed by atoms with van der Waals surface area (Å²) >= 11 is 6.15. The van der Waals surface area contributed by atoms with Crippen molar-refractivity contribution in [2.45, 2.75) is 147 Å². The van der Waals surface area contributed by atoms with Gasteiger partial charge in [0.2, 0.25) is 8.32 Å². The summed E-state index contributed by atoms with van der Waals surface area (Å²) < 4.78 is 31.3. The van der Waals surface area contributed by atoms with Crippen molar-refractivity contribution in [1.82, 2.24) is 41.2 Å². The molecule has 0 bridgehead atoms. The first kappa shape index (κ1) is 103. The number of carbonyl (C=O) groups is 9. The standard InChI is InChI=1S/C25H24N2O5.C22H30N2O4Si.C16H16N2O4.C15H14N2O4.C10H13NO3.C6H15ClSi/c1-3-5-17-9-12-22(23(15-17)31-2)32-25(30)21(14-18-7-10-20(28)11-8-18)27-24(29)19-6-4-13-26-16-19;1-22(2,3)29(5,6)28-18-11-9-16(10-12-18)14-19(21(26)27-4)24-20(25)17-8-7-13-23-15-17;1-22-16(21)14(9-11-4-6-13(19)7-5-11)18-15(20)12-3-2-8-17-10-12;18-12-5-3-10(4-6-12)8-13(15(20)21)17-14(19)11-2-1-7-16-9-11;1-14-10(13)9(11)6-7-2-4-8(12)5-3-7;1-6(2,3)8(4,5)7/h3-4,6-13,15-16,21,28H,1,5,14H2,2H3,(H,27,29);7-13,15,19H,14H2,1-6H3,(H,24,25);2-8,10,14,19H,9H2,1H3,(H,18,20);1-7,9,13,18H,8H2,(H,17,19)(H,20,21);2-5,9,12H,6,11H2,1H3;1-5H3. The summed E-state index contributed by atoms with van der Waals surface area (Å²) in [5, 5.41) is 57.2. The molecule has 0 aliphatic heterocycles. The van der Waals surface area contributed by atoms with E-state index in [-0.39, 0.29) is 59.0 Å². The lowest BCUT2D eigenvalue weighted by Gasteiger charge is -2.36. The van der Waals surface area contributed by atoms with Gasteiger partial charge in [0.15, 0.2) is 18.9 Å². The van der Waals surface area contributed by atoms with E-state index in [1.807, 2.05) is 30.3 Å². The lowest BCUT2D eigenvalue weighted by molar-refractivity contribution is -0.143. The molecule has 10 rings (SSSR count). The number of methoxy groups -OCH3 is 4. The Labute approximate surface area is 741 Å². The number of aliphatic carboxylic acids is 1. The van der Waals surface area contributed by atoms with Crippen molar-refractivity contribution in [3.8, 4) is 40.2 Å². The molecule has 126 heavy (non-hydrogen) atoms. The first-order valence-corrected chi connectivity index (χ1v) is 46.6. The Morgan fingerprint density at radius 1 is 0.421 bits per heavy atom. The second-order valence-electron chi connectivity index (χ2n) is 31.4. The highest BCUT2D eigenvalue weighted by molar-refractivity contribution is 7.20. The summed E-state index contributed by atoms with van der Waals surface area (Å²) in [4.78, 5) is 124. The third-order valence-electron chi connectivity index (χ3n) is 19.6. The van der Waals surface area contributed by atoms with Gasteiger partial charge in [-0.25, -0.2) is 19.2 Å². The van der Waals surface area contributed by atoms with Gasteiger partial charge < -0.3 is 80.6 Å². The van der Waals surface area contributed by atoms with Crippen LogP contribution in [0.1, 0.15) is 116 Å². The van der Waals surface area contributed by atoms with E-state index in [9.17, 15) is 63.6 Å². The Bertz CT molecular complexity index is 5100. The number of pyridine rings is 4. The Hall–Kier alpha value is -13.6. The maximum Gasteiger partial charge on any atom is 0.334 e. The summed E-state index contributed by atoms with van der Waals surface area (Å²) in [5.74, 6) is -2.95. The molecule has 10 aromatic rings. The second kappa shape index (κ2) is 50.8. The zero-order valence-electron chi connectivity index (χ0n) is 73.0. The number of nitrogens with two attached hydrogens (primary N) is 1. The van der Waals surface area contributed by atoms with Crippen LogP contribution in [0.2, 0.25) is 36.3 Å². The zero-order chi connectivity index (χ0) is 93.3. The summed E-state index contributed by atoms with van der Waals surface area (Å²) in [6, 6.07) is 47.1. The number of nitrogens with zero attached hydrogens (tertiary/aromatic N) is 4. The molecule has 4 amide bonds. The van der Waals surface area contributed by atoms with Gasteiger partial charge in [0, 0.05) is 75.3 Å². The lowest BCUT2D eigenvalue weighted by atomic mass is 10.1. The maximum atomic E-state index is 13.1. The predicted octanol–water partition coefficient (Wildman–Crippen LogP) is 13.6. The number of carboxylic acid groups (broad SMARTS) is 1. The normalized spacial score (nSPS) is 12.0. The molecule has 0 aliphatic carbocycles. The number of carbonyl (C=O) groups excluding carboxylic acids is 8. The highest BCUT2D eigenvalue weighted by atomic mass is 35.6. The van der Waals surface area contributed by atoms with Gasteiger partial charge in [0.25, 0.3) is 23.6 Å². The molecule has 11 N–H and O–H groups in total. The fraction of sp³-hybridized carbons (Fsp3) is 0.287. The van der Waals surface area contributed by atoms with E-state index in [2.05, 4.69) is 120 Å². The predicted molar refractivity (Wildman–Crippen MR) is 484 cm³/mol. The van der Waals surface area contributed by atoms with Crippen molar-refractivity contribution in [1.29, 1.82) is 0 Å². The molecular weight excluding hydrogens is 1670 g/mol. The number of ether oxygens (including phenoxy) is 5. The van der Waals surface area contributed by atoms with Gasteiger partial charge >= 0.3 is 29.8 Å². The molecule has 0 fully saturated rings. The van der Waals surface area contributed by atoms with Crippen molar-refractivity contribution < 1.29 is 96.8 Å². The number of halogens is 1. The maximum absolute atomic E-state index is 13.1. The number of esters is 4. The van der Waals surface area contributed by atoms with Gasteiger partial charge in [0.05, 0.1) is 50.7 Å². The number of nitrogens with one attached hydrogen (secondary N) is 4. The highest BCUT2D eigenvalue weighted by Crippen LogP contribution is 2.39. The molecule has 0 aliphatic rings. The Kier molecular flexibility index (Phi) is 41.5. The molecule has 0 radical (unpaired) electrons. The van der Waals surface area contributed by atoms with Crippen molar-refractivity contribution >= 4 is 80.3 Å². The van der Waals surface area contributed by atoms with Gasteiger partial charge in [0.1, 0.15) is 59.0 Å². The monoisotopic (exact) mass is 1780 g/mol. The van der Waals surface area contributed by atoms with Gasteiger partial charge in [-0.3, -0.25) is 43.9 Å². The van der Waals surface area contributed by atoms with Crippen LogP contribution >= 0.6 is 11.1 Å². The van der Waals surface area contributed by atoms with Crippen LogP contribution in [0.4, 0.5) is 0 Å². The largest absolute Gasteiger partial charge is 0.544 e.